The molecule has 20 heavy (non-hydrogen) atoms. The molecule has 0 spiro atoms. The van der Waals surface area contributed by atoms with Crippen molar-refractivity contribution < 1.29 is 14.3 Å². The summed E-state index contributed by atoms with van der Waals surface area (Å²) in [5.41, 5.74) is 5.83. The Kier molecular flexibility index (Phi) is 6.79. The molecular formula is C14H17N3O3. The number of nitrogens with one attached hydrogen (secondary N) is 1. The van der Waals surface area contributed by atoms with E-state index in [0.717, 1.165) is 5.56 Å². The molecule has 2 amide bonds. The van der Waals surface area contributed by atoms with Gasteiger partial charge in [0, 0.05) is 6.54 Å². The second kappa shape index (κ2) is 8.67. The van der Waals surface area contributed by atoms with Gasteiger partial charge in [-0.3, -0.25) is 9.59 Å². The Labute approximate surface area is 117 Å². The number of carbonyl (C=O) groups is 2. The van der Waals surface area contributed by atoms with Crippen LogP contribution in [0.5, 0.6) is 0 Å². The molecule has 0 aliphatic rings. The number of nitrogens with two attached hydrogens (primary N) is 1. The van der Waals surface area contributed by atoms with Crippen molar-refractivity contribution in [2.75, 3.05) is 19.8 Å². The standard InChI is InChI=1S/C14H17N3O3/c15-9-12(8-11-4-2-1-3-5-11)14(19)17-6-7-20-10-13(16)18/h1-5,12H,6-8,10H2,(H2,16,18)(H,17,19). The molecule has 0 saturated heterocycles. The lowest BCUT2D eigenvalue weighted by Crippen LogP contribution is -2.34. The van der Waals surface area contributed by atoms with Gasteiger partial charge in [0.15, 0.2) is 0 Å². The van der Waals surface area contributed by atoms with Crippen LogP contribution in [0.25, 0.3) is 0 Å². The van der Waals surface area contributed by atoms with E-state index >= 15 is 0 Å². The van der Waals surface area contributed by atoms with Crippen LogP contribution >= 0.6 is 0 Å². The summed E-state index contributed by atoms with van der Waals surface area (Å²) in [5.74, 6) is -1.65. The van der Waals surface area contributed by atoms with Crippen LogP contribution in [0.15, 0.2) is 30.3 Å². The zero-order chi connectivity index (χ0) is 14.8. The van der Waals surface area contributed by atoms with Crippen molar-refractivity contribution in [1.29, 1.82) is 5.26 Å². The average molecular weight is 275 g/mol. The molecule has 1 atom stereocenters. The third-order valence-electron chi connectivity index (χ3n) is 2.54. The molecule has 1 aromatic rings. The van der Waals surface area contributed by atoms with Crippen LogP contribution in [-0.4, -0.2) is 31.6 Å². The molecule has 106 valence electrons. The molecule has 0 radical (unpaired) electrons. The number of benzene rings is 1. The van der Waals surface area contributed by atoms with Crippen LogP contribution in [-0.2, 0) is 20.7 Å². The zero-order valence-electron chi connectivity index (χ0n) is 11.0. The van der Waals surface area contributed by atoms with Gasteiger partial charge >= 0.3 is 0 Å². The van der Waals surface area contributed by atoms with Gasteiger partial charge in [-0.05, 0) is 12.0 Å². The number of rotatable bonds is 8. The van der Waals surface area contributed by atoms with Crippen LogP contribution in [0.4, 0.5) is 0 Å². The molecule has 0 aromatic heterocycles. The summed E-state index contributed by atoms with van der Waals surface area (Å²) in [4.78, 5) is 22.2. The highest BCUT2D eigenvalue weighted by Gasteiger charge is 2.17. The predicted molar refractivity (Wildman–Crippen MR) is 72.3 cm³/mol. The summed E-state index contributed by atoms with van der Waals surface area (Å²) in [6, 6.07) is 11.3. The fraction of sp³-hybridized carbons (Fsp3) is 0.357. The van der Waals surface area contributed by atoms with E-state index in [-0.39, 0.29) is 25.7 Å². The Morgan fingerprint density at radius 3 is 2.65 bits per heavy atom. The van der Waals surface area contributed by atoms with Crippen LogP contribution in [0.3, 0.4) is 0 Å². The quantitative estimate of drug-likeness (QED) is 0.651. The van der Waals surface area contributed by atoms with Gasteiger partial charge in [0.05, 0.1) is 12.7 Å². The van der Waals surface area contributed by atoms with Gasteiger partial charge in [0.2, 0.25) is 11.8 Å². The minimum absolute atomic E-state index is 0.179. The van der Waals surface area contributed by atoms with Gasteiger partial charge in [-0.1, -0.05) is 30.3 Å². The number of carbonyl (C=O) groups excluding carboxylic acids is 2. The first-order valence-electron chi connectivity index (χ1n) is 6.20. The SMILES string of the molecule is N#CC(Cc1ccccc1)C(=O)NCCOCC(N)=O. The lowest BCUT2D eigenvalue weighted by molar-refractivity contribution is -0.123. The van der Waals surface area contributed by atoms with E-state index in [9.17, 15) is 9.59 Å². The molecule has 3 N–H and O–H groups in total. The molecule has 0 aliphatic heterocycles. The smallest absolute Gasteiger partial charge is 0.243 e. The molecule has 1 aromatic carbocycles. The Morgan fingerprint density at radius 1 is 1.35 bits per heavy atom. The van der Waals surface area contributed by atoms with Crippen molar-refractivity contribution >= 4 is 11.8 Å². The number of hydrogen-bond acceptors (Lipinski definition) is 4. The lowest BCUT2D eigenvalue weighted by atomic mass is 10.00. The fourth-order valence-electron chi connectivity index (χ4n) is 1.59. The number of nitrogens with zero attached hydrogens (tertiary/aromatic N) is 1. The Morgan fingerprint density at radius 2 is 2.05 bits per heavy atom. The maximum Gasteiger partial charge on any atom is 0.243 e. The minimum atomic E-state index is -0.742. The molecule has 6 heteroatoms. The van der Waals surface area contributed by atoms with Gasteiger partial charge in [0.25, 0.3) is 0 Å². The third kappa shape index (κ3) is 5.98. The summed E-state index contributed by atoms with van der Waals surface area (Å²) >= 11 is 0. The number of amides is 2. The second-order valence-corrected chi connectivity index (χ2v) is 4.18. The van der Waals surface area contributed by atoms with Crippen molar-refractivity contribution in [2.45, 2.75) is 6.42 Å². The zero-order valence-corrected chi connectivity index (χ0v) is 11.0. The second-order valence-electron chi connectivity index (χ2n) is 4.18. The Bertz CT molecular complexity index is 482. The predicted octanol–water partition coefficient (Wildman–Crippen LogP) is -0.0130. The van der Waals surface area contributed by atoms with E-state index in [0.29, 0.717) is 6.42 Å². The fourth-order valence-corrected chi connectivity index (χ4v) is 1.59. The van der Waals surface area contributed by atoms with E-state index in [1.807, 2.05) is 36.4 Å². The molecule has 0 aliphatic carbocycles. The molecular weight excluding hydrogens is 258 g/mol. The van der Waals surface area contributed by atoms with E-state index in [1.165, 1.54) is 0 Å². The van der Waals surface area contributed by atoms with E-state index in [2.05, 4.69) is 5.32 Å². The minimum Gasteiger partial charge on any atom is -0.370 e. The highest BCUT2D eigenvalue weighted by molar-refractivity contribution is 5.81. The monoisotopic (exact) mass is 275 g/mol. The molecule has 0 saturated carbocycles. The van der Waals surface area contributed by atoms with Gasteiger partial charge in [-0.15, -0.1) is 0 Å². The Balaban J connectivity index is 2.33. The maximum absolute atomic E-state index is 11.8. The summed E-state index contributed by atoms with van der Waals surface area (Å²) in [6.07, 6.45) is 0.366. The number of hydrogen-bond donors (Lipinski definition) is 2. The van der Waals surface area contributed by atoms with Crippen LogP contribution in [0, 0.1) is 17.2 Å². The first kappa shape index (κ1) is 15.7. The van der Waals surface area contributed by atoms with Crippen molar-refractivity contribution in [2.24, 2.45) is 11.7 Å². The van der Waals surface area contributed by atoms with E-state index in [1.54, 1.807) is 0 Å². The highest BCUT2D eigenvalue weighted by atomic mass is 16.5. The lowest BCUT2D eigenvalue weighted by Gasteiger charge is -2.10. The summed E-state index contributed by atoms with van der Waals surface area (Å²) < 4.78 is 4.90. The normalized spacial score (nSPS) is 11.3. The van der Waals surface area contributed by atoms with Gasteiger partial charge < -0.3 is 15.8 Å². The van der Waals surface area contributed by atoms with E-state index < -0.39 is 11.8 Å². The topological polar surface area (TPSA) is 105 Å². The molecule has 0 heterocycles. The van der Waals surface area contributed by atoms with Crippen molar-refractivity contribution in [3.63, 3.8) is 0 Å². The molecule has 1 unspecified atom stereocenters. The average Bonchev–Trinajstić information content (AvgIpc) is 2.45. The highest BCUT2D eigenvalue weighted by Crippen LogP contribution is 2.08. The summed E-state index contributed by atoms with van der Waals surface area (Å²) in [5, 5.41) is 11.6. The summed E-state index contributed by atoms with van der Waals surface area (Å²) in [6.45, 7) is 0.235. The summed E-state index contributed by atoms with van der Waals surface area (Å²) in [7, 11) is 0. The number of ether oxygens (including phenoxy) is 1. The number of nitriles is 1. The van der Waals surface area contributed by atoms with Crippen molar-refractivity contribution in [1.82, 2.24) is 5.32 Å². The van der Waals surface area contributed by atoms with E-state index in [4.69, 9.17) is 15.7 Å². The first-order valence-corrected chi connectivity index (χ1v) is 6.20. The van der Waals surface area contributed by atoms with Crippen LogP contribution < -0.4 is 11.1 Å². The third-order valence-corrected chi connectivity index (χ3v) is 2.54. The van der Waals surface area contributed by atoms with Gasteiger partial charge in [-0.2, -0.15) is 5.26 Å². The first-order chi connectivity index (χ1) is 9.63. The number of primary amides is 1. The largest absolute Gasteiger partial charge is 0.370 e. The van der Waals surface area contributed by atoms with Crippen LogP contribution in [0.2, 0.25) is 0 Å². The molecule has 0 bridgehead atoms. The maximum atomic E-state index is 11.8. The molecule has 6 nitrogen and oxygen atoms in total. The van der Waals surface area contributed by atoms with Crippen LogP contribution in [0.1, 0.15) is 5.56 Å². The van der Waals surface area contributed by atoms with Crippen molar-refractivity contribution in [3.05, 3.63) is 35.9 Å². The van der Waals surface area contributed by atoms with Gasteiger partial charge in [0.1, 0.15) is 12.5 Å². The van der Waals surface area contributed by atoms with Gasteiger partial charge in [-0.25, -0.2) is 0 Å². The Hall–Kier alpha value is -2.39. The van der Waals surface area contributed by atoms with Crippen molar-refractivity contribution in [3.8, 4) is 6.07 Å². The molecule has 1 rings (SSSR count). The molecule has 0 fully saturated rings.